The number of likely N-dealkylation sites (tertiary alicyclic amines) is 1. The maximum atomic E-state index is 12.5. The van der Waals surface area contributed by atoms with Gasteiger partial charge in [-0.15, -0.1) is 0 Å². The maximum Gasteiger partial charge on any atom is 0.245 e. The third-order valence-electron chi connectivity index (χ3n) is 3.75. The summed E-state index contributed by atoms with van der Waals surface area (Å²) in [6.45, 7) is 8.72. The topological polar surface area (TPSA) is 97.0 Å². The minimum Gasteiger partial charge on any atom is -0.352 e. The van der Waals surface area contributed by atoms with Crippen molar-refractivity contribution in [2.75, 3.05) is 13.1 Å². The number of fused-ring (bicyclic) bond motifs is 1. The molecule has 8 nitrogen and oxygen atoms in total. The van der Waals surface area contributed by atoms with E-state index in [-0.39, 0.29) is 43.0 Å². The van der Waals surface area contributed by atoms with Crippen molar-refractivity contribution in [2.45, 2.75) is 64.7 Å². The van der Waals surface area contributed by atoms with Gasteiger partial charge >= 0.3 is 0 Å². The molecule has 2 fully saturated rings. The molecule has 3 atom stereocenters. The molecule has 0 spiro atoms. The van der Waals surface area contributed by atoms with Crippen LogP contribution in [0.25, 0.3) is 0 Å². The molecule has 2 aliphatic rings. The second kappa shape index (κ2) is 6.45. The Morgan fingerprint density at radius 2 is 1.91 bits per heavy atom. The lowest BCUT2D eigenvalue weighted by molar-refractivity contribution is -0.169. The molecular weight excluding hydrogens is 302 g/mol. The van der Waals surface area contributed by atoms with Crippen molar-refractivity contribution >= 4 is 17.7 Å². The van der Waals surface area contributed by atoms with E-state index in [0.29, 0.717) is 0 Å². The Kier molecular flexibility index (Phi) is 4.95. The summed E-state index contributed by atoms with van der Waals surface area (Å²) >= 11 is 0. The molecule has 0 bridgehead atoms. The molecule has 0 aliphatic carbocycles. The van der Waals surface area contributed by atoms with Crippen LogP contribution in [0.5, 0.6) is 0 Å². The Morgan fingerprint density at radius 3 is 2.48 bits per heavy atom. The monoisotopic (exact) mass is 327 g/mol. The second-order valence-corrected chi connectivity index (χ2v) is 6.70. The fourth-order valence-corrected chi connectivity index (χ4v) is 2.98. The molecule has 8 heteroatoms. The summed E-state index contributed by atoms with van der Waals surface area (Å²) in [7, 11) is 0. The van der Waals surface area contributed by atoms with Gasteiger partial charge in [0, 0.05) is 13.0 Å². The number of nitrogens with zero attached hydrogens (tertiary/aromatic N) is 1. The molecular formula is C15H25N3O5. The molecule has 2 N–H and O–H groups in total. The van der Waals surface area contributed by atoms with Gasteiger partial charge in [0.1, 0.15) is 18.2 Å². The Balaban J connectivity index is 2.16. The first-order valence-corrected chi connectivity index (χ1v) is 7.80. The van der Waals surface area contributed by atoms with Crippen LogP contribution in [0.3, 0.4) is 0 Å². The van der Waals surface area contributed by atoms with Crippen molar-refractivity contribution in [1.82, 2.24) is 15.5 Å². The zero-order chi connectivity index (χ0) is 17.4. The third kappa shape index (κ3) is 4.00. The van der Waals surface area contributed by atoms with Gasteiger partial charge < -0.3 is 25.0 Å². The van der Waals surface area contributed by atoms with Gasteiger partial charge in [0.25, 0.3) is 0 Å². The van der Waals surface area contributed by atoms with Crippen molar-refractivity contribution in [2.24, 2.45) is 0 Å². The smallest absolute Gasteiger partial charge is 0.245 e. The standard InChI is InChI=1S/C15H25N3O5/c1-8(2)17-14(21)12-13-10(22-15(4,5)23-13)7-18(12)11(20)6-16-9(3)19/h8,10,12-13H,6-7H2,1-5H3,(H,16,19)(H,17,21)/t10-,12-,13-/m0/s1. The summed E-state index contributed by atoms with van der Waals surface area (Å²) in [5, 5.41) is 5.28. The van der Waals surface area contributed by atoms with Crippen LogP contribution in [-0.4, -0.2) is 65.8 Å². The highest BCUT2D eigenvalue weighted by Gasteiger charge is 2.56. The minimum atomic E-state index is -0.779. The summed E-state index contributed by atoms with van der Waals surface area (Å²) in [5.74, 6) is -1.68. The summed E-state index contributed by atoms with van der Waals surface area (Å²) in [5.41, 5.74) is 0. The number of nitrogens with one attached hydrogen (secondary N) is 2. The zero-order valence-electron chi connectivity index (χ0n) is 14.2. The highest BCUT2D eigenvalue weighted by molar-refractivity contribution is 5.91. The van der Waals surface area contributed by atoms with Gasteiger partial charge in [0.05, 0.1) is 13.1 Å². The van der Waals surface area contributed by atoms with Gasteiger partial charge in [-0.1, -0.05) is 0 Å². The first-order chi connectivity index (χ1) is 10.6. The van der Waals surface area contributed by atoms with Gasteiger partial charge in [-0.25, -0.2) is 0 Å². The van der Waals surface area contributed by atoms with E-state index in [2.05, 4.69) is 10.6 Å². The van der Waals surface area contributed by atoms with E-state index in [0.717, 1.165) is 0 Å². The van der Waals surface area contributed by atoms with E-state index in [1.165, 1.54) is 11.8 Å². The lowest BCUT2D eigenvalue weighted by atomic mass is 10.1. The number of hydrogen-bond acceptors (Lipinski definition) is 5. The number of ether oxygens (including phenoxy) is 2. The largest absolute Gasteiger partial charge is 0.352 e. The van der Waals surface area contributed by atoms with Crippen molar-refractivity contribution in [3.05, 3.63) is 0 Å². The number of rotatable bonds is 4. The highest BCUT2D eigenvalue weighted by atomic mass is 16.8. The third-order valence-corrected chi connectivity index (χ3v) is 3.75. The van der Waals surface area contributed by atoms with Gasteiger partial charge in [-0.05, 0) is 27.7 Å². The van der Waals surface area contributed by atoms with Crippen LogP contribution in [0.15, 0.2) is 0 Å². The number of carbonyl (C=O) groups is 3. The molecule has 3 amide bonds. The van der Waals surface area contributed by atoms with E-state index in [9.17, 15) is 14.4 Å². The van der Waals surface area contributed by atoms with Crippen molar-refractivity contribution in [3.8, 4) is 0 Å². The average molecular weight is 327 g/mol. The van der Waals surface area contributed by atoms with E-state index in [4.69, 9.17) is 9.47 Å². The van der Waals surface area contributed by atoms with E-state index in [1.54, 1.807) is 13.8 Å². The molecule has 2 rings (SSSR count). The van der Waals surface area contributed by atoms with Crippen LogP contribution in [0.4, 0.5) is 0 Å². The SMILES string of the molecule is CC(=O)NCC(=O)N1C[C@@H]2OC(C)(C)O[C@@H]2[C@H]1C(=O)NC(C)C. The van der Waals surface area contributed by atoms with E-state index in [1.807, 2.05) is 13.8 Å². The Bertz CT molecular complexity index is 505. The normalized spacial score (nSPS) is 28.6. The van der Waals surface area contributed by atoms with Crippen molar-refractivity contribution < 1.29 is 23.9 Å². The molecule has 0 aromatic carbocycles. The van der Waals surface area contributed by atoms with Crippen LogP contribution in [0, 0.1) is 0 Å². The van der Waals surface area contributed by atoms with Crippen LogP contribution in [-0.2, 0) is 23.9 Å². The quantitative estimate of drug-likeness (QED) is 0.717. The Morgan fingerprint density at radius 1 is 1.26 bits per heavy atom. The lowest BCUT2D eigenvalue weighted by Gasteiger charge is -2.29. The second-order valence-electron chi connectivity index (χ2n) is 6.70. The fourth-order valence-electron chi connectivity index (χ4n) is 2.98. The van der Waals surface area contributed by atoms with Crippen molar-refractivity contribution in [3.63, 3.8) is 0 Å². The van der Waals surface area contributed by atoms with Crippen molar-refractivity contribution in [1.29, 1.82) is 0 Å². The zero-order valence-corrected chi connectivity index (χ0v) is 14.2. The van der Waals surface area contributed by atoms with Gasteiger partial charge in [-0.3, -0.25) is 14.4 Å². The van der Waals surface area contributed by atoms with Gasteiger partial charge in [-0.2, -0.15) is 0 Å². The van der Waals surface area contributed by atoms with Crippen LogP contribution < -0.4 is 10.6 Å². The number of carbonyl (C=O) groups excluding carboxylic acids is 3. The molecule has 0 unspecified atom stereocenters. The van der Waals surface area contributed by atoms with Crippen LogP contribution >= 0.6 is 0 Å². The molecule has 0 aromatic heterocycles. The van der Waals surface area contributed by atoms with E-state index >= 15 is 0 Å². The molecule has 0 radical (unpaired) electrons. The summed E-state index contributed by atoms with van der Waals surface area (Å²) in [6.07, 6.45) is -0.862. The molecule has 0 saturated carbocycles. The van der Waals surface area contributed by atoms with Crippen LogP contribution in [0.1, 0.15) is 34.6 Å². The molecule has 2 aliphatic heterocycles. The summed E-state index contributed by atoms with van der Waals surface area (Å²) < 4.78 is 11.6. The first kappa shape index (κ1) is 17.7. The molecule has 130 valence electrons. The number of amides is 3. The molecule has 2 heterocycles. The Hall–Kier alpha value is -1.67. The molecule has 23 heavy (non-hydrogen) atoms. The van der Waals surface area contributed by atoms with Crippen LogP contribution in [0.2, 0.25) is 0 Å². The minimum absolute atomic E-state index is 0.0517. The summed E-state index contributed by atoms with van der Waals surface area (Å²) in [4.78, 5) is 37.3. The average Bonchev–Trinajstić information content (AvgIpc) is 2.86. The molecule has 0 aromatic rings. The first-order valence-electron chi connectivity index (χ1n) is 7.80. The highest BCUT2D eigenvalue weighted by Crippen LogP contribution is 2.36. The van der Waals surface area contributed by atoms with Gasteiger partial charge in [0.15, 0.2) is 5.79 Å². The lowest BCUT2D eigenvalue weighted by Crippen LogP contribution is -2.54. The maximum absolute atomic E-state index is 12.5. The predicted molar refractivity (Wildman–Crippen MR) is 81.3 cm³/mol. The number of hydrogen-bond donors (Lipinski definition) is 2. The summed E-state index contributed by atoms with van der Waals surface area (Å²) in [6, 6.07) is -0.811. The van der Waals surface area contributed by atoms with E-state index < -0.39 is 17.9 Å². The predicted octanol–water partition coefficient (Wildman–Crippen LogP) is -0.622. The molecule has 2 saturated heterocycles. The van der Waals surface area contributed by atoms with Gasteiger partial charge in [0.2, 0.25) is 17.7 Å². The fraction of sp³-hybridized carbons (Fsp3) is 0.800. The Labute approximate surface area is 135 Å².